The maximum absolute atomic E-state index is 15.8. The van der Waals surface area contributed by atoms with Crippen molar-refractivity contribution in [3.05, 3.63) is 158 Å². The summed E-state index contributed by atoms with van der Waals surface area (Å²) >= 11 is 12.9. The van der Waals surface area contributed by atoms with E-state index < -0.39 is 35.3 Å². The van der Waals surface area contributed by atoms with E-state index in [9.17, 15) is 19.2 Å². The van der Waals surface area contributed by atoms with E-state index in [-0.39, 0.29) is 92.8 Å². The molecule has 6 amide bonds. The molecule has 2 aliphatic carbocycles. The molecule has 5 aromatic rings. The summed E-state index contributed by atoms with van der Waals surface area (Å²) in [6.07, 6.45) is 11.4. The van der Waals surface area contributed by atoms with Crippen LogP contribution in [0.1, 0.15) is 113 Å². The number of carbonyl (C=O) groups excluding carboxylic acids is 5. The Labute approximate surface area is 629 Å². The molecule has 0 radical (unpaired) electrons. The number of carbonyl (C=O) groups is 5. The van der Waals surface area contributed by atoms with Crippen molar-refractivity contribution in [3.8, 4) is 11.5 Å². The molecule has 0 bridgehead atoms. The first-order valence-corrected chi connectivity index (χ1v) is 38.0. The molecule has 4 aromatic carbocycles. The number of likely N-dealkylation sites (tertiary alicyclic amines) is 2. The van der Waals surface area contributed by atoms with Gasteiger partial charge in [-0.1, -0.05) is 79.5 Å². The van der Waals surface area contributed by atoms with Crippen LogP contribution in [0.2, 0.25) is 5.02 Å². The SMILES string of the molecule is COc1ccc(C2=N[C@@H](c3ccc(Cl)cc3)[C@@H](C3=CC=C(Cl)CC3)N2C(=O)N2CCN(CC(=O)NCCOCCN3C[C@H]4C[C@@H](OCC(=O)NCc5cccc(CNc6cc(N7CCC8(CC7)CN(c7cc(F)c(CN9CCC(C)(C)CC9)cc7F)CC(=O)N8)ncn6)c5)C[C@H]4C3)C(=O)C2)c(OC(C)C)c1. The number of piperidine rings is 2. The smallest absolute Gasteiger partial charge is 0.326 e. The topological polar surface area (TPSA) is 231 Å². The van der Waals surface area contributed by atoms with Gasteiger partial charge in [0, 0.05) is 112 Å². The molecule has 1 saturated carbocycles. The van der Waals surface area contributed by atoms with Crippen LogP contribution in [0.25, 0.3) is 0 Å². The summed E-state index contributed by atoms with van der Waals surface area (Å²) in [5, 5.41) is 13.8. The molecule has 106 heavy (non-hydrogen) atoms. The van der Waals surface area contributed by atoms with Crippen LogP contribution in [-0.4, -0.2) is 212 Å². The number of allylic oxidation sites excluding steroid dienone is 3. The number of amides is 6. The second-order valence-electron chi connectivity index (χ2n) is 30.5. The van der Waals surface area contributed by atoms with Crippen molar-refractivity contribution in [1.82, 2.24) is 50.4 Å². The number of fused-ring (bicyclic) bond motifs is 1. The molecule has 13 rings (SSSR count). The van der Waals surface area contributed by atoms with E-state index >= 15 is 13.6 Å². The Kier molecular flexibility index (Phi) is 24.1. The van der Waals surface area contributed by atoms with Crippen LogP contribution >= 0.6 is 23.2 Å². The van der Waals surface area contributed by atoms with Crippen LogP contribution in [0.4, 0.5) is 30.9 Å². The van der Waals surface area contributed by atoms with Gasteiger partial charge in [-0.05, 0) is 154 Å². The number of methoxy groups -OCH3 is 1. The van der Waals surface area contributed by atoms with Crippen molar-refractivity contribution in [2.75, 3.05) is 134 Å². The molecule has 4 N–H and O–H groups in total. The van der Waals surface area contributed by atoms with Gasteiger partial charge in [-0.25, -0.2) is 23.5 Å². The average Bonchev–Trinajstić information content (AvgIpc) is 1.56. The lowest BCUT2D eigenvalue weighted by atomic mass is 9.82. The van der Waals surface area contributed by atoms with E-state index in [0.717, 1.165) is 86.5 Å². The Morgan fingerprint density at radius 1 is 0.774 bits per heavy atom. The average molecular weight is 1500 g/mol. The van der Waals surface area contributed by atoms with Crippen LogP contribution in [0.5, 0.6) is 11.5 Å². The van der Waals surface area contributed by atoms with Crippen molar-refractivity contribution >= 4 is 76.0 Å². The standard InChI is InChI=1S/C79H98Cl2F2N14O9/c1-51(2)106-67-37-61(103-5)17-18-63(67)76-89-74(54-9-13-59(80)14-10-54)75(55-11-15-60(81)16-12-55)97(76)77(102)95-29-28-94(73(101)47-95)45-70(98)84-23-31-104-32-30-92-42-56-34-62(35-57(56)43-92)105-48-72(100)86-41-53-8-6-7-52(33-53)40-85-68-39-69(88-50-87-68)93-26-21-79(22-27-93)49-96(46-71(99)90-79)66-38-64(82)58(36-65(66)83)44-91-24-19-78(3,4)20-25-91/h6-11,13-15,17-18,33,36-39,50-51,56-57,62,74-75H,12,16,19-32,34-35,40-49H2,1-5H3,(H,84,98)(H,86,100)(H,90,99)(H,85,87,88)/t56-,57+,62-,74-,75+/m0/s1. The van der Waals surface area contributed by atoms with E-state index in [1.807, 2.05) is 86.7 Å². The number of aromatic nitrogens is 2. The summed E-state index contributed by atoms with van der Waals surface area (Å²) in [5.74, 6) is 1.78. The number of hydrogen-bond donors (Lipinski definition) is 4. The third kappa shape index (κ3) is 18.7. The number of nitrogens with zero attached hydrogens (tertiary/aromatic N) is 10. The third-order valence-electron chi connectivity index (χ3n) is 22.0. The van der Waals surface area contributed by atoms with Crippen molar-refractivity contribution < 1.29 is 51.7 Å². The fourth-order valence-corrected chi connectivity index (χ4v) is 16.4. The second-order valence-corrected chi connectivity index (χ2v) is 31.5. The molecule has 0 unspecified atom stereocenters. The van der Waals surface area contributed by atoms with Gasteiger partial charge in [0.05, 0.1) is 68.5 Å². The highest BCUT2D eigenvalue weighted by atomic mass is 35.5. The molecule has 5 atom stereocenters. The molecule has 1 aromatic heterocycles. The largest absolute Gasteiger partial charge is 0.497 e. The number of hydrogen-bond acceptors (Lipinski definition) is 17. The summed E-state index contributed by atoms with van der Waals surface area (Å²) in [5.41, 5.74) is 4.46. The van der Waals surface area contributed by atoms with Crippen molar-refractivity contribution in [2.45, 2.75) is 129 Å². The number of urea groups is 1. The molecule has 566 valence electrons. The molecule has 23 nitrogen and oxygen atoms in total. The second kappa shape index (κ2) is 33.8. The first-order chi connectivity index (χ1) is 51.1. The number of ether oxygens (including phenoxy) is 4. The lowest BCUT2D eigenvalue weighted by Crippen LogP contribution is -2.66. The third-order valence-corrected chi connectivity index (χ3v) is 22.6. The van der Waals surface area contributed by atoms with Gasteiger partial charge < -0.3 is 64.7 Å². The zero-order valence-electron chi connectivity index (χ0n) is 61.2. The first kappa shape index (κ1) is 75.8. The van der Waals surface area contributed by atoms with E-state index in [1.165, 1.54) is 28.3 Å². The Morgan fingerprint density at radius 2 is 1.54 bits per heavy atom. The van der Waals surface area contributed by atoms with Crippen LogP contribution in [0, 0.1) is 28.9 Å². The first-order valence-electron chi connectivity index (χ1n) is 37.3. The number of anilines is 3. The van der Waals surface area contributed by atoms with E-state index in [2.05, 4.69) is 59.8 Å². The van der Waals surface area contributed by atoms with Gasteiger partial charge in [0.2, 0.25) is 23.6 Å². The van der Waals surface area contributed by atoms with Gasteiger partial charge in [0.15, 0.2) is 0 Å². The molecule has 6 aliphatic heterocycles. The van der Waals surface area contributed by atoms with Crippen LogP contribution in [0.3, 0.4) is 0 Å². The van der Waals surface area contributed by atoms with Gasteiger partial charge in [-0.15, -0.1) is 0 Å². The quantitative estimate of drug-likeness (QED) is 0.0377. The molecule has 5 saturated heterocycles. The summed E-state index contributed by atoms with van der Waals surface area (Å²) in [6, 6.07) is 23.9. The fraction of sp³-hybridized carbons (Fsp3) is 0.519. The van der Waals surface area contributed by atoms with Crippen LogP contribution < -0.4 is 40.5 Å². The molecule has 7 heterocycles. The van der Waals surface area contributed by atoms with Crippen molar-refractivity contribution in [1.29, 1.82) is 0 Å². The van der Waals surface area contributed by atoms with Crippen LogP contribution in [0.15, 0.2) is 119 Å². The fourth-order valence-electron chi connectivity index (χ4n) is 16.1. The minimum atomic E-state index is -0.604. The lowest BCUT2D eigenvalue weighted by Gasteiger charge is -2.48. The summed E-state index contributed by atoms with van der Waals surface area (Å²) in [6.45, 7) is 16.4. The van der Waals surface area contributed by atoms with Crippen molar-refractivity contribution in [3.63, 3.8) is 0 Å². The summed E-state index contributed by atoms with van der Waals surface area (Å²) in [4.78, 5) is 96.1. The number of amidine groups is 1. The van der Waals surface area contributed by atoms with Gasteiger partial charge >= 0.3 is 6.03 Å². The molecule has 27 heteroatoms. The Balaban J connectivity index is 0.497. The van der Waals surface area contributed by atoms with Gasteiger partial charge in [-0.2, -0.15) is 0 Å². The lowest BCUT2D eigenvalue weighted by molar-refractivity contribution is -0.139. The number of halogens is 4. The maximum Gasteiger partial charge on any atom is 0.326 e. The predicted octanol–water partition coefficient (Wildman–Crippen LogP) is 9.87. The normalized spacial score (nSPS) is 22.5. The number of nitrogens with one attached hydrogen (secondary N) is 4. The monoisotopic (exact) mass is 1490 g/mol. The van der Waals surface area contributed by atoms with E-state index in [4.69, 9.17) is 47.1 Å². The number of piperazine rings is 2. The van der Waals surface area contributed by atoms with Gasteiger partial charge in [-0.3, -0.25) is 34.0 Å². The highest BCUT2D eigenvalue weighted by molar-refractivity contribution is 6.30. The molecule has 8 aliphatic rings. The molecular formula is C79H98Cl2F2N14O9. The minimum absolute atomic E-state index is 0.0112. The molecule has 1 spiro atoms. The predicted molar refractivity (Wildman–Crippen MR) is 403 cm³/mol. The molecule has 6 fully saturated rings. The minimum Gasteiger partial charge on any atom is -0.497 e. The maximum atomic E-state index is 15.8. The summed E-state index contributed by atoms with van der Waals surface area (Å²) in [7, 11) is 1.58. The zero-order valence-corrected chi connectivity index (χ0v) is 62.7. The number of aliphatic imine (C=N–C) groups is 1. The zero-order chi connectivity index (χ0) is 74.2. The number of rotatable bonds is 26. The Morgan fingerprint density at radius 3 is 2.26 bits per heavy atom. The van der Waals surface area contributed by atoms with E-state index in [1.54, 1.807) is 29.0 Å². The van der Waals surface area contributed by atoms with Crippen molar-refractivity contribution in [2.24, 2.45) is 22.2 Å². The highest BCUT2D eigenvalue weighted by Crippen LogP contribution is 2.44. The van der Waals surface area contributed by atoms with Crippen LogP contribution in [-0.2, 0) is 48.3 Å². The summed E-state index contributed by atoms with van der Waals surface area (Å²) < 4.78 is 55.5. The highest BCUT2D eigenvalue weighted by Gasteiger charge is 2.48. The van der Waals surface area contributed by atoms with E-state index in [0.29, 0.717) is 134 Å². The Hall–Kier alpha value is -8.46. The van der Waals surface area contributed by atoms with Gasteiger partial charge in [0.1, 0.15) is 66.1 Å². The number of benzene rings is 4. The van der Waals surface area contributed by atoms with Gasteiger partial charge in [0.25, 0.3) is 0 Å². The Bertz CT molecular complexity index is 4100. The molecular weight excluding hydrogens is 1400 g/mol.